The first-order valence-corrected chi connectivity index (χ1v) is 10.3. The summed E-state index contributed by atoms with van der Waals surface area (Å²) < 4.78 is 11.3. The van der Waals surface area contributed by atoms with Gasteiger partial charge < -0.3 is 14.3 Å². The van der Waals surface area contributed by atoms with Gasteiger partial charge in [0.15, 0.2) is 0 Å². The van der Waals surface area contributed by atoms with Crippen molar-refractivity contribution in [1.29, 1.82) is 0 Å². The maximum absolute atomic E-state index is 10.0. The minimum absolute atomic E-state index is 0.289. The topological polar surface area (TPSA) is 35.5 Å². The van der Waals surface area contributed by atoms with E-state index >= 15 is 0 Å². The summed E-state index contributed by atoms with van der Waals surface area (Å²) in [6.07, 6.45) is 7.12. The second-order valence-corrected chi connectivity index (χ2v) is 8.08. The van der Waals surface area contributed by atoms with E-state index in [1.807, 2.05) is 20.8 Å². The molecule has 2 unspecified atom stereocenters. The predicted molar refractivity (Wildman–Crippen MR) is 109 cm³/mol. The molecular weight excluding hydrogens is 312 g/mol. The van der Waals surface area contributed by atoms with Gasteiger partial charge in [-0.3, -0.25) is 0 Å². The maximum atomic E-state index is 10.0. The Balaban J connectivity index is 0. The quantitative estimate of drug-likeness (QED) is 0.536. The Hall–Kier alpha value is -0.410. The zero-order chi connectivity index (χ0) is 19.9. The maximum Gasteiger partial charge on any atom is 0.129 e. The summed E-state index contributed by atoms with van der Waals surface area (Å²) in [6.45, 7) is 18.6. The summed E-state index contributed by atoms with van der Waals surface area (Å²) >= 11 is 0. The highest BCUT2D eigenvalue weighted by atomic mass is 16.5. The Kier molecular flexibility index (Phi) is 17.0. The minimum atomic E-state index is 0.289. The van der Waals surface area contributed by atoms with E-state index in [-0.39, 0.29) is 5.78 Å². The zero-order valence-corrected chi connectivity index (χ0v) is 18.6. The van der Waals surface area contributed by atoms with E-state index in [9.17, 15) is 4.79 Å². The summed E-state index contributed by atoms with van der Waals surface area (Å²) in [5, 5.41) is 0. The van der Waals surface area contributed by atoms with Crippen LogP contribution in [0.3, 0.4) is 0 Å². The van der Waals surface area contributed by atoms with Crippen molar-refractivity contribution < 1.29 is 14.3 Å². The summed E-state index contributed by atoms with van der Waals surface area (Å²) in [7, 11) is 1.78. The molecule has 0 aromatic carbocycles. The first-order valence-electron chi connectivity index (χ1n) is 10.3. The van der Waals surface area contributed by atoms with Crippen molar-refractivity contribution in [2.45, 2.75) is 100 Å². The van der Waals surface area contributed by atoms with Crippen LogP contribution >= 0.6 is 0 Å². The Morgan fingerprint density at radius 1 is 1.16 bits per heavy atom. The average molecular weight is 359 g/mol. The van der Waals surface area contributed by atoms with E-state index in [0.717, 1.165) is 32.0 Å². The highest BCUT2D eigenvalue weighted by molar-refractivity contribution is 5.75. The monoisotopic (exact) mass is 358 g/mol. The van der Waals surface area contributed by atoms with Gasteiger partial charge in [0.05, 0.1) is 12.7 Å². The summed E-state index contributed by atoms with van der Waals surface area (Å²) in [6, 6.07) is 0. The lowest BCUT2D eigenvalue weighted by molar-refractivity contribution is -0.117. The Bertz CT molecular complexity index is 289. The minimum Gasteiger partial charge on any atom is -0.382 e. The van der Waals surface area contributed by atoms with Crippen LogP contribution in [0.2, 0.25) is 0 Å². The molecule has 0 radical (unpaired) electrons. The Morgan fingerprint density at radius 2 is 1.76 bits per heavy atom. The molecule has 3 nitrogen and oxygen atoms in total. The highest BCUT2D eigenvalue weighted by Crippen LogP contribution is 2.38. The highest BCUT2D eigenvalue weighted by Gasteiger charge is 2.35. The number of carbonyl (C=O) groups is 1. The van der Waals surface area contributed by atoms with Crippen LogP contribution in [0.4, 0.5) is 0 Å². The molecule has 0 aromatic heterocycles. The summed E-state index contributed by atoms with van der Waals surface area (Å²) in [5.41, 5.74) is 0.378. The second-order valence-electron chi connectivity index (χ2n) is 8.08. The number of hydrogen-bond donors (Lipinski definition) is 0. The molecule has 0 aromatic rings. The van der Waals surface area contributed by atoms with Gasteiger partial charge in [-0.15, -0.1) is 0 Å². The van der Waals surface area contributed by atoms with Gasteiger partial charge in [-0.1, -0.05) is 61.3 Å². The van der Waals surface area contributed by atoms with Gasteiger partial charge in [0.1, 0.15) is 5.78 Å². The lowest BCUT2D eigenvalue weighted by atomic mass is 9.72. The third-order valence-electron chi connectivity index (χ3n) is 4.34. The van der Waals surface area contributed by atoms with E-state index < -0.39 is 0 Å². The normalized spacial score (nSPS) is 23.0. The third-order valence-corrected chi connectivity index (χ3v) is 4.34. The molecule has 1 aliphatic rings. The third kappa shape index (κ3) is 14.4. The number of hydrogen-bond acceptors (Lipinski definition) is 3. The second kappa shape index (κ2) is 15.8. The van der Waals surface area contributed by atoms with Crippen LogP contribution in [0.15, 0.2) is 0 Å². The average Bonchev–Trinajstić information content (AvgIpc) is 2.52. The van der Waals surface area contributed by atoms with E-state index in [4.69, 9.17) is 9.47 Å². The summed E-state index contributed by atoms with van der Waals surface area (Å²) in [4.78, 5) is 10.0. The van der Waals surface area contributed by atoms with Crippen LogP contribution in [-0.4, -0.2) is 32.2 Å². The molecule has 1 aliphatic heterocycles. The van der Waals surface area contributed by atoms with Crippen molar-refractivity contribution >= 4 is 5.78 Å². The van der Waals surface area contributed by atoms with Gasteiger partial charge >= 0.3 is 0 Å². The van der Waals surface area contributed by atoms with Crippen molar-refractivity contribution in [3.8, 4) is 0 Å². The fraction of sp³-hybridized carbons (Fsp3) is 0.955. The van der Waals surface area contributed by atoms with Crippen molar-refractivity contribution in [1.82, 2.24) is 0 Å². The molecule has 3 heteroatoms. The number of rotatable bonds is 7. The van der Waals surface area contributed by atoms with Gasteiger partial charge in [-0.25, -0.2) is 0 Å². The largest absolute Gasteiger partial charge is 0.382 e. The fourth-order valence-electron chi connectivity index (χ4n) is 3.43. The molecule has 0 N–H and O–H groups in total. The van der Waals surface area contributed by atoms with Gasteiger partial charge in [-0.2, -0.15) is 0 Å². The zero-order valence-electron chi connectivity index (χ0n) is 18.6. The fourth-order valence-corrected chi connectivity index (χ4v) is 3.43. The first kappa shape index (κ1) is 26.8. The SMILES string of the molecule is CC.CCCC(C)=O.CCC[C@@H]1CCOC(COC)C1CC(C)(C)C. The van der Waals surface area contributed by atoms with Gasteiger partial charge in [0.2, 0.25) is 0 Å². The molecule has 25 heavy (non-hydrogen) atoms. The molecule has 0 spiro atoms. The molecule has 1 fully saturated rings. The first-order chi connectivity index (χ1) is 11.7. The van der Waals surface area contributed by atoms with E-state index in [2.05, 4.69) is 27.7 Å². The Morgan fingerprint density at radius 3 is 2.12 bits per heavy atom. The van der Waals surface area contributed by atoms with Crippen LogP contribution in [-0.2, 0) is 14.3 Å². The van der Waals surface area contributed by atoms with E-state index in [0.29, 0.717) is 17.4 Å². The molecule has 152 valence electrons. The van der Waals surface area contributed by atoms with Crippen molar-refractivity contribution in [2.24, 2.45) is 17.3 Å². The van der Waals surface area contributed by atoms with Crippen LogP contribution in [0.25, 0.3) is 0 Å². The predicted octanol–water partition coefficient (Wildman–Crippen LogP) is 6.29. The lowest BCUT2D eigenvalue weighted by Crippen LogP contribution is -2.41. The number of ether oxygens (including phenoxy) is 2. The lowest BCUT2D eigenvalue weighted by Gasteiger charge is -2.41. The Labute approximate surface area is 158 Å². The van der Waals surface area contributed by atoms with Crippen molar-refractivity contribution in [3.05, 3.63) is 0 Å². The summed E-state index contributed by atoms with van der Waals surface area (Å²) in [5.74, 6) is 1.79. The molecule has 0 aliphatic carbocycles. The van der Waals surface area contributed by atoms with Crippen LogP contribution in [0.1, 0.15) is 93.9 Å². The van der Waals surface area contributed by atoms with Crippen LogP contribution in [0, 0.1) is 17.3 Å². The van der Waals surface area contributed by atoms with Crippen molar-refractivity contribution in [3.63, 3.8) is 0 Å². The standard InChI is InChI=1S/C15H30O2.C5H10O.C2H6/c1-6-7-12-8-9-17-14(11-16-5)13(12)10-15(2,3)4;1-3-4-5(2)6;1-2/h12-14H,6-11H2,1-5H3;3-4H2,1-2H3;1-2H3/t12-,13?,14?;;/m1../s1. The molecule has 3 atom stereocenters. The molecule has 1 rings (SSSR count). The number of ketones is 1. The molecule has 1 saturated heterocycles. The number of carbonyl (C=O) groups excluding carboxylic acids is 1. The number of methoxy groups -OCH3 is 1. The van der Waals surface area contributed by atoms with Crippen LogP contribution < -0.4 is 0 Å². The van der Waals surface area contributed by atoms with Gasteiger partial charge in [-0.05, 0) is 43.4 Å². The molecule has 1 heterocycles. The molecule has 0 amide bonds. The molecule has 0 bridgehead atoms. The smallest absolute Gasteiger partial charge is 0.129 e. The van der Waals surface area contributed by atoms with E-state index in [1.165, 1.54) is 25.7 Å². The molecule has 0 saturated carbocycles. The van der Waals surface area contributed by atoms with Crippen LogP contribution in [0.5, 0.6) is 0 Å². The van der Waals surface area contributed by atoms with E-state index in [1.54, 1.807) is 14.0 Å². The number of Topliss-reactive ketones (excluding diaryl/α,β-unsaturated/α-hetero) is 1. The molecular formula is C22H46O3. The van der Waals surface area contributed by atoms with Gasteiger partial charge in [0, 0.05) is 20.1 Å². The van der Waals surface area contributed by atoms with Crippen molar-refractivity contribution in [2.75, 3.05) is 20.3 Å². The van der Waals surface area contributed by atoms with Gasteiger partial charge in [0.25, 0.3) is 0 Å².